The van der Waals surface area contributed by atoms with Gasteiger partial charge in [0.25, 0.3) is 5.56 Å². The first kappa shape index (κ1) is 27.3. The SMILES string of the molecule is Cc1cn([C@H]2C[C@H](O)[C@@H](COP(=O)(O)OP(=O)(O)O[C@@H]3C[C@H](N)[C@@H](O)[C@H](C)O3)O2)c(=O)[nH]c1=O. The highest BCUT2D eigenvalue weighted by molar-refractivity contribution is 7.61. The van der Waals surface area contributed by atoms with Gasteiger partial charge in [-0.2, -0.15) is 4.31 Å². The quantitative estimate of drug-likeness (QED) is 0.211. The van der Waals surface area contributed by atoms with Crippen molar-refractivity contribution in [2.75, 3.05) is 6.61 Å². The number of aromatic amines is 1. The van der Waals surface area contributed by atoms with Crippen LogP contribution in [0.25, 0.3) is 0 Å². The van der Waals surface area contributed by atoms with E-state index >= 15 is 0 Å². The Kier molecular flexibility index (Phi) is 8.35. The van der Waals surface area contributed by atoms with Crippen molar-refractivity contribution in [2.24, 2.45) is 5.73 Å². The average molecular weight is 531 g/mol. The fourth-order valence-corrected chi connectivity index (χ4v) is 5.63. The topological polar surface area (TPSA) is 242 Å². The predicted octanol–water partition coefficient (Wildman–Crippen LogP) is -1.43. The Bertz CT molecular complexity index is 1080. The van der Waals surface area contributed by atoms with Crippen molar-refractivity contribution in [1.29, 1.82) is 0 Å². The molecule has 2 fully saturated rings. The standard InChI is InChI=1S/C16H27N3O13P2/c1-7-5-19(16(23)18-15(7)22)12-4-10(20)11(30-12)6-28-33(24,25)32-34(26,27)31-13-3-9(17)14(21)8(2)29-13/h5,8-14,20-21H,3-4,6,17H2,1-2H3,(H,24,25)(H,26,27)(H,18,22,23)/t8-,9-,10-,11+,12+,13+,14-/m0/s1. The zero-order valence-corrected chi connectivity index (χ0v) is 19.9. The van der Waals surface area contributed by atoms with Crippen molar-refractivity contribution in [3.8, 4) is 0 Å². The number of nitrogens with two attached hydrogens (primary N) is 1. The van der Waals surface area contributed by atoms with Gasteiger partial charge < -0.3 is 35.2 Å². The van der Waals surface area contributed by atoms with Crippen molar-refractivity contribution < 1.29 is 52.0 Å². The molecule has 0 amide bonds. The van der Waals surface area contributed by atoms with Crippen LogP contribution in [0.1, 0.15) is 31.6 Å². The zero-order chi connectivity index (χ0) is 25.4. The number of phosphoric acid groups is 2. The van der Waals surface area contributed by atoms with Crippen LogP contribution in [-0.2, 0) is 32.0 Å². The van der Waals surface area contributed by atoms with Crippen LogP contribution in [0.5, 0.6) is 0 Å². The molecule has 2 aliphatic heterocycles. The van der Waals surface area contributed by atoms with E-state index < -0.39 is 76.5 Å². The van der Waals surface area contributed by atoms with Gasteiger partial charge in [0, 0.05) is 30.6 Å². The smallest absolute Gasteiger partial charge is 0.390 e. The molecule has 7 N–H and O–H groups in total. The van der Waals surface area contributed by atoms with Gasteiger partial charge in [-0.15, -0.1) is 0 Å². The lowest BCUT2D eigenvalue weighted by Gasteiger charge is -2.36. The van der Waals surface area contributed by atoms with Crippen molar-refractivity contribution >= 4 is 15.6 Å². The third-order valence-corrected chi connectivity index (χ3v) is 7.90. The molecule has 0 aromatic carbocycles. The maximum Gasteiger partial charge on any atom is 0.483 e. The van der Waals surface area contributed by atoms with E-state index in [1.165, 1.54) is 20.0 Å². The number of rotatable bonds is 8. The largest absolute Gasteiger partial charge is 0.483 e. The molecule has 9 atom stereocenters. The second-order valence-corrected chi connectivity index (χ2v) is 11.0. The molecular formula is C16H27N3O13P2. The number of phosphoric ester groups is 2. The van der Waals surface area contributed by atoms with Crippen LogP contribution < -0.4 is 17.0 Å². The van der Waals surface area contributed by atoms with Gasteiger partial charge in [-0.3, -0.25) is 23.4 Å². The molecule has 2 saturated heterocycles. The number of aliphatic hydroxyl groups excluding tert-OH is 2. The number of aryl methyl sites for hydroxylation is 1. The first-order valence-electron chi connectivity index (χ1n) is 10.1. The van der Waals surface area contributed by atoms with E-state index in [1.807, 2.05) is 0 Å². The van der Waals surface area contributed by atoms with E-state index in [4.69, 9.17) is 19.7 Å². The fraction of sp³-hybridized carbons (Fsp3) is 0.750. The summed E-state index contributed by atoms with van der Waals surface area (Å²) in [5, 5.41) is 19.9. The number of hydrogen-bond donors (Lipinski definition) is 6. The van der Waals surface area contributed by atoms with Gasteiger partial charge in [-0.05, 0) is 13.8 Å². The van der Waals surface area contributed by atoms with E-state index in [-0.39, 0.29) is 18.4 Å². The van der Waals surface area contributed by atoms with Crippen LogP contribution in [0, 0.1) is 6.92 Å². The Hall–Kier alpha value is -1.26. The summed E-state index contributed by atoms with van der Waals surface area (Å²) in [6.07, 6.45) is -5.81. The molecule has 0 saturated carbocycles. The third-order valence-electron chi connectivity index (χ3n) is 5.27. The number of nitrogens with zero attached hydrogens (tertiary/aromatic N) is 1. The van der Waals surface area contributed by atoms with Crippen LogP contribution in [0.4, 0.5) is 0 Å². The van der Waals surface area contributed by atoms with Gasteiger partial charge in [-0.1, -0.05) is 0 Å². The Labute approximate surface area is 192 Å². The van der Waals surface area contributed by atoms with Crippen LogP contribution in [-0.4, -0.2) is 72.9 Å². The van der Waals surface area contributed by atoms with Gasteiger partial charge >= 0.3 is 21.3 Å². The van der Waals surface area contributed by atoms with E-state index in [1.54, 1.807) is 0 Å². The summed E-state index contributed by atoms with van der Waals surface area (Å²) in [7, 11) is -10.4. The Morgan fingerprint density at radius 3 is 2.53 bits per heavy atom. The molecule has 0 bridgehead atoms. The first-order chi connectivity index (χ1) is 15.7. The number of aromatic nitrogens is 2. The van der Waals surface area contributed by atoms with Crippen LogP contribution in [0.2, 0.25) is 0 Å². The molecule has 16 nitrogen and oxygen atoms in total. The molecule has 1 aromatic heterocycles. The van der Waals surface area contributed by atoms with E-state index in [0.29, 0.717) is 0 Å². The lowest BCUT2D eigenvalue weighted by Crippen LogP contribution is -2.51. The van der Waals surface area contributed by atoms with Crippen molar-refractivity contribution in [3.63, 3.8) is 0 Å². The number of nitrogens with one attached hydrogen (secondary N) is 1. The molecule has 0 aliphatic carbocycles. The van der Waals surface area contributed by atoms with Gasteiger partial charge in [0.05, 0.1) is 24.9 Å². The molecule has 1 aromatic rings. The second-order valence-electron chi connectivity index (χ2n) is 7.99. The number of hydrogen-bond acceptors (Lipinski definition) is 12. The Balaban J connectivity index is 1.56. The summed E-state index contributed by atoms with van der Waals surface area (Å²) in [6, 6.07) is -0.835. The summed E-state index contributed by atoms with van der Waals surface area (Å²) in [4.78, 5) is 45.2. The summed E-state index contributed by atoms with van der Waals surface area (Å²) in [5.74, 6) is 0. The molecule has 194 valence electrons. The minimum absolute atomic E-state index is 0.110. The summed E-state index contributed by atoms with van der Waals surface area (Å²) < 4.78 is 49.6. The molecule has 3 heterocycles. The predicted molar refractivity (Wildman–Crippen MR) is 111 cm³/mol. The molecule has 0 spiro atoms. The number of ether oxygens (including phenoxy) is 2. The molecule has 34 heavy (non-hydrogen) atoms. The van der Waals surface area contributed by atoms with E-state index in [2.05, 4.69) is 13.8 Å². The fourth-order valence-electron chi connectivity index (χ4n) is 3.48. The minimum Gasteiger partial charge on any atom is -0.390 e. The van der Waals surface area contributed by atoms with Gasteiger partial charge in [0.2, 0.25) is 0 Å². The third kappa shape index (κ3) is 6.69. The van der Waals surface area contributed by atoms with Crippen LogP contribution >= 0.6 is 15.6 Å². The molecule has 0 radical (unpaired) electrons. The molecular weight excluding hydrogens is 504 g/mol. The highest BCUT2D eigenvalue weighted by atomic mass is 31.3. The van der Waals surface area contributed by atoms with Gasteiger partial charge in [-0.25, -0.2) is 13.9 Å². The normalized spacial score (nSPS) is 35.6. The highest BCUT2D eigenvalue weighted by Crippen LogP contribution is 2.61. The van der Waals surface area contributed by atoms with Crippen molar-refractivity contribution in [3.05, 3.63) is 32.6 Å². The van der Waals surface area contributed by atoms with Crippen molar-refractivity contribution in [1.82, 2.24) is 9.55 Å². The van der Waals surface area contributed by atoms with E-state index in [9.17, 15) is 38.7 Å². The highest BCUT2D eigenvalue weighted by Gasteiger charge is 2.43. The molecule has 2 aliphatic rings. The zero-order valence-electron chi connectivity index (χ0n) is 18.1. The molecule has 2 unspecified atom stereocenters. The van der Waals surface area contributed by atoms with Crippen LogP contribution in [0.15, 0.2) is 15.8 Å². The maximum absolute atomic E-state index is 12.2. The lowest BCUT2D eigenvalue weighted by molar-refractivity contribution is -0.191. The maximum atomic E-state index is 12.2. The first-order valence-corrected chi connectivity index (χ1v) is 13.1. The van der Waals surface area contributed by atoms with Gasteiger partial charge in [0.1, 0.15) is 12.3 Å². The Morgan fingerprint density at radius 1 is 1.21 bits per heavy atom. The second kappa shape index (κ2) is 10.4. The Morgan fingerprint density at radius 2 is 1.88 bits per heavy atom. The number of aliphatic hydroxyl groups is 2. The monoisotopic (exact) mass is 531 g/mol. The minimum atomic E-state index is -5.20. The average Bonchev–Trinajstić information content (AvgIpc) is 3.06. The van der Waals surface area contributed by atoms with Crippen LogP contribution in [0.3, 0.4) is 0 Å². The molecule has 18 heteroatoms. The number of H-pyrrole nitrogens is 1. The van der Waals surface area contributed by atoms with E-state index in [0.717, 1.165) is 4.57 Å². The molecule has 3 rings (SSSR count). The summed E-state index contributed by atoms with van der Waals surface area (Å²) in [5.41, 5.74) is 4.54. The van der Waals surface area contributed by atoms with Gasteiger partial charge in [0.15, 0.2) is 6.29 Å². The summed E-state index contributed by atoms with van der Waals surface area (Å²) >= 11 is 0. The lowest BCUT2D eigenvalue weighted by atomic mass is 10.0. The van der Waals surface area contributed by atoms with Crippen molar-refractivity contribution in [2.45, 2.75) is 69.7 Å². The summed E-state index contributed by atoms with van der Waals surface area (Å²) in [6.45, 7) is 2.16.